The summed E-state index contributed by atoms with van der Waals surface area (Å²) in [5.74, 6) is -0.0586. The first-order chi connectivity index (χ1) is 13.9. The fourth-order valence-corrected chi connectivity index (χ4v) is 3.02. The summed E-state index contributed by atoms with van der Waals surface area (Å²) < 4.78 is 10.0. The van der Waals surface area contributed by atoms with Crippen LogP contribution in [-0.4, -0.2) is 38.5 Å². The second kappa shape index (κ2) is 8.43. The van der Waals surface area contributed by atoms with E-state index in [1.807, 2.05) is 24.3 Å². The summed E-state index contributed by atoms with van der Waals surface area (Å²) >= 11 is 0. The minimum absolute atomic E-state index is 0.0259. The van der Waals surface area contributed by atoms with E-state index in [9.17, 15) is 9.59 Å². The van der Waals surface area contributed by atoms with E-state index >= 15 is 0 Å². The highest BCUT2D eigenvalue weighted by molar-refractivity contribution is 6.29. The fraction of sp³-hybridized carbons (Fsp3) is 0.136. The van der Waals surface area contributed by atoms with Gasteiger partial charge in [-0.3, -0.25) is 10.2 Å². The van der Waals surface area contributed by atoms with Gasteiger partial charge in [0.05, 0.1) is 26.3 Å². The quantitative estimate of drug-likeness (QED) is 0.341. The molecule has 148 valence electrons. The van der Waals surface area contributed by atoms with Gasteiger partial charge in [-0.15, -0.1) is 0 Å². The lowest BCUT2D eigenvalue weighted by Crippen LogP contribution is -2.26. The summed E-state index contributed by atoms with van der Waals surface area (Å²) in [6, 6.07) is 14.2. The van der Waals surface area contributed by atoms with E-state index in [-0.39, 0.29) is 11.7 Å². The first-order valence-electron chi connectivity index (χ1n) is 8.84. The molecule has 0 saturated heterocycles. The number of rotatable bonds is 6. The second-order valence-electron chi connectivity index (χ2n) is 6.33. The summed E-state index contributed by atoms with van der Waals surface area (Å²) in [5, 5.41) is 7.48. The number of ether oxygens (including phenoxy) is 2. The SMILES string of the molecule is COC(=O)C=Cc1ccc(C2=C(OC)CN(c3ccc(C(=N)N)cc3)C2=O)cc1. The first kappa shape index (κ1) is 19.9. The Morgan fingerprint density at radius 2 is 1.76 bits per heavy atom. The van der Waals surface area contributed by atoms with Crippen LogP contribution in [-0.2, 0) is 19.1 Å². The summed E-state index contributed by atoms with van der Waals surface area (Å²) in [6.07, 6.45) is 2.97. The molecular formula is C22H21N3O4. The number of methoxy groups -OCH3 is 2. The number of nitrogens with zero attached hydrogens (tertiary/aromatic N) is 1. The van der Waals surface area contributed by atoms with Crippen LogP contribution in [0.1, 0.15) is 16.7 Å². The highest BCUT2D eigenvalue weighted by Crippen LogP contribution is 2.32. The van der Waals surface area contributed by atoms with Gasteiger partial charge in [0, 0.05) is 17.3 Å². The average Bonchev–Trinajstić information content (AvgIpc) is 3.08. The van der Waals surface area contributed by atoms with Crippen LogP contribution in [0, 0.1) is 5.41 Å². The molecule has 1 heterocycles. The second-order valence-corrected chi connectivity index (χ2v) is 6.33. The molecule has 29 heavy (non-hydrogen) atoms. The van der Waals surface area contributed by atoms with Crippen molar-refractivity contribution in [2.24, 2.45) is 5.73 Å². The Kier molecular flexibility index (Phi) is 5.78. The van der Waals surface area contributed by atoms with Gasteiger partial charge < -0.3 is 20.1 Å². The Morgan fingerprint density at radius 3 is 2.31 bits per heavy atom. The summed E-state index contributed by atoms with van der Waals surface area (Å²) in [7, 11) is 2.86. The molecule has 2 aromatic rings. The van der Waals surface area contributed by atoms with E-state index in [0.717, 1.165) is 11.1 Å². The van der Waals surface area contributed by atoms with Crippen molar-refractivity contribution in [1.29, 1.82) is 5.41 Å². The number of amides is 1. The highest BCUT2D eigenvalue weighted by atomic mass is 16.5. The van der Waals surface area contributed by atoms with Crippen molar-refractivity contribution in [3.63, 3.8) is 0 Å². The van der Waals surface area contributed by atoms with Gasteiger partial charge in [0.15, 0.2) is 0 Å². The Bertz CT molecular complexity index is 1010. The molecule has 0 aromatic heterocycles. The third-order valence-electron chi connectivity index (χ3n) is 4.59. The largest absolute Gasteiger partial charge is 0.498 e. The van der Waals surface area contributed by atoms with Gasteiger partial charge in [-0.05, 0) is 41.5 Å². The summed E-state index contributed by atoms with van der Waals surface area (Å²) in [5.41, 5.74) is 8.80. The number of esters is 1. The van der Waals surface area contributed by atoms with Crippen LogP contribution in [0.3, 0.4) is 0 Å². The predicted octanol–water partition coefficient (Wildman–Crippen LogP) is 2.56. The molecular weight excluding hydrogens is 370 g/mol. The van der Waals surface area contributed by atoms with Gasteiger partial charge in [-0.1, -0.05) is 24.3 Å². The lowest BCUT2D eigenvalue weighted by molar-refractivity contribution is -0.134. The van der Waals surface area contributed by atoms with Crippen LogP contribution < -0.4 is 10.6 Å². The van der Waals surface area contributed by atoms with Gasteiger partial charge >= 0.3 is 5.97 Å². The Hall–Kier alpha value is -3.87. The molecule has 3 N–H and O–H groups in total. The molecule has 0 fully saturated rings. The molecule has 0 spiro atoms. The minimum atomic E-state index is -0.434. The maximum absolute atomic E-state index is 13.1. The third kappa shape index (κ3) is 4.19. The van der Waals surface area contributed by atoms with Crippen molar-refractivity contribution in [2.75, 3.05) is 25.7 Å². The van der Waals surface area contributed by atoms with Crippen molar-refractivity contribution in [2.45, 2.75) is 0 Å². The number of amidine groups is 1. The van der Waals surface area contributed by atoms with Gasteiger partial charge in [-0.2, -0.15) is 0 Å². The summed E-state index contributed by atoms with van der Waals surface area (Å²) in [4.78, 5) is 25.9. The molecule has 0 radical (unpaired) electrons. The van der Waals surface area contributed by atoms with E-state index < -0.39 is 5.97 Å². The lowest BCUT2D eigenvalue weighted by atomic mass is 10.0. The smallest absolute Gasteiger partial charge is 0.330 e. The number of nitrogen functional groups attached to an aromatic ring is 1. The Labute approximate surface area is 168 Å². The lowest BCUT2D eigenvalue weighted by Gasteiger charge is -2.17. The van der Waals surface area contributed by atoms with E-state index in [1.54, 1.807) is 42.4 Å². The van der Waals surface area contributed by atoms with Crippen LogP contribution in [0.4, 0.5) is 5.69 Å². The molecule has 2 aromatic carbocycles. The molecule has 0 unspecified atom stereocenters. The van der Waals surface area contributed by atoms with E-state index in [1.165, 1.54) is 13.2 Å². The standard InChI is InChI=1S/C22H21N3O4/c1-28-18-13-25(17-10-8-16(9-11-17)21(23)24)22(27)20(18)15-6-3-14(4-7-15)5-12-19(26)29-2/h3-12H,13H2,1-2H3,(H3,23,24). The molecule has 7 heteroatoms. The molecule has 1 amide bonds. The summed E-state index contributed by atoms with van der Waals surface area (Å²) in [6.45, 7) is 0.314. The third-order valence-corrected chi connectivity index (χ3v) is 4.59. The van der Waals surface area contributed by atoms with Crippen LogP contribution in [0.15, 0.2) is 60.4 Å². The topological polar surface area (TPSA) is 106 Å². The number of anilines is 1. The van der Waals surface area contributed by atoms with Crippen molar-refractivity contribution in [3.05, 3.63) is 77.1 Å². The van der Waals surface area contributed by atoms with Crippen LogP contribution in [0.25, 0.3) is 11.6 Å². The molecule has 0 atom stereocenters. The van der Waals surface area contributed by atoms with Gasteiger partial charge in [-0.25, -0.2) is 4.79 Å². The fourth-order valence-electron chi connectivity index (χ4n) is 3.02. The number of nitrogens with two attached hydrogens (primary N) is 1. The zero-order valence-corrected chi connectivity index (χ0v) is 16.1. The number of hydrogen-bond donors (Lipinski definition) is 2. The van der Waals surface area contributed by atoms with Crippen molar-refractivity contribution < 1.29 is 19.1 Å². The minimum Gasteiger partial charge on any atom is -0.498 e. The number of benzene rings is 2. The van der Waals surface area contributed by atoms with Crippen molar-refractivity contribution in [3.8, 4) is 0 Å². The van der Waals surface area contributed by atoms with Crippen LogP contribution in [0.5, 0.6) is 0 Å². The van der Waals surface area contributed by atoms with Crippen LogP contribution in [0.2, 0.25) is 0 Å². The molecule has 0 bridgehead atoms. The van der Waals surface area contributed by atoms with E-state index in [4.69, 9.17) is 15.9 Å². The van der Waals surface area contributed by atoms with Crippen molar-refractivity contribution in [1.82, 2.24) is 0 Å². The molecule has 7 nitrogen and oxygen atoms in total. The highest BCUT2D eigenvalue weighted by Gasteiger charge is 2.33. The van der Waals surface area contributed by atoms with Crippen LogP contribution >= 0.6 is 0 Å². The Morgan fingerprint density at radius 1 is 1.10 bits per heavy atom. The Balaban J connectivity index is 1.85. The van der Waals surface area contributed by atoms with Gasteiger partial charge in [0.25, 0.3) is 5.91 Å². The number of hydrogen-bond acceptors (Lipinski definition) is 5. The predicted molar refractivity (Wildman–Crippen MR) is 111 cm³/mol. The number of carbonyl (C=O) groups is 2. The van der Waals surface area contributed by atoms with Crippen molar-refractivity contribution >= 4 is 35.0 Å². The molecule has 0 saturated carbocycles. The molecule has 1 aliphatic rings. The average molecular weight is 391 g/mol. The number of nitrogens with one attached hydrogen (secondary N) is 1. The van der Waals surface area contributed by atoms with E-state index in [2.05, 4.69) is 4.74 Å². The molecule has 0 aliphatic carbocycles. The van der Waals surface area contributed by atoms with Gasteiger partial charge in [0.1, 0.15) is 11.6 Å². The molecule has 1 aliphatic heterocycles. The maximum Gasteiger partial charge on any atom is 0.330 e. The zero-order valence-electron chi connectivity index (χ0n) is 16.1. The van der Waals surface area contributed by atoms with Gasteiger partial charge in [0.2, 0.25) is 0 Å². The molecule has 3 rings (SSSR count). The first-order valence-corrected chi connectivity index (χ1v) is 8.84. The van der Waals surface area contributed by atoms with E-state index in [0.29, 0.717) is 29.1 Å². The normalized spacial score (nSPS) is 13.9. The maximum atomic E-state index is 13.1. The monoisotopic (exact) mass is 391 g/mol. The number of carbonyl (C=O) groups excluding carboxylic acids is 2. The zero-order chi connectivity index (χ0) is 21.0.